The van der Waals surface area contributed by atoms with Crippen LogP contribution in [0.3, 0.4) is 0 Å². The topological polar surface area (TPSA) is 49.4 Å². The van der Waals surface area contributed by atoms with E-state index in [4.69, 9.17) is 11.6 Å². The van der Waals surface area contributed by atoms with Gasteiger partial charge in [0.1, 0.15) is 6.04 Å². The highest BCUT2D eigenvalue weighted by atomic mass is 35.5. The first kappa shape index (κ1) is 25.5. The van der Waals surface area contributed by atoms with Gasteiger partial charge in [-0.25, -0.2) is 0 Å². The van der Waals surface area contributed by atoms with Crippen molar-refractivity contribution in [1.82, 2.24) is 10.2 Å². The summed E-state index contributed by atoms with van der Waals surface area (Å²) >= 11 is 6.15. The number of benzene rings is 3. The van der Waals surface area contributed by atoms with Crippen molar-refractivity contribution in [1.29, 1.82) is 0 Å². The van der Waals surface area contributed by atoms with Crippen LogP contribution < -0.4 is 5.32 Å². The van der Waals surface area contributed by atoms with Gasteiger partial charge in [0.15, 0.2) is 0 Å². The minimum Gasteiger partial charge on any atom is -0.354 e. The van der Waals surface area contributed by atoms with E-state index in [0.717, 1.165) is 35.1 Å². The Bertz CT molecular complexity index is 1070. The van der Waals surface area contributed by atoms with Crippen LogP contribution in [0.5, 0.6) is 0 Å². The van der Waals surface area contributed by atoms with E-state index in [1.807, 2.05) is 73.7 Å². The molecule has 0 aliphatic rings. The van der Waals surface area contributed by atoms with Gasteiger partial charge in [-0.05, 0) is 42.2 Å². The van der Waals surface area contributed by atoms with Crippen molar-refractivity contribution in [2.75, 3.05) is 6.54 Å². The zero-order chi connectivity index (χ0) is 24.3. The predicted octanol–water partition coefficient (Wildman–Crippen LogP) is 5.75. The lowest BCUT2D eigenvalue weighted by Crippen LogP contribution is -2.51. The molecular weight excluding hydrogens is 444 g/mol. The highest BCUT2D eigenvalue weighted by Crippen LogP contribution is 2.18. The molecule has 0 saturated heterocycles. The Morgan fingerprint density at radius 3 is 2.29 bits per heavy atom. The number of nitrogens with one attached hydrogen (secondary N) is 1. The molecule has 34 heavy (non-hydrogen) atoms. The van der Waals surface area contributed by atoms with Crippen LogP contribution in [0.4, 0.5) is 0 Å². The Morgan fingerprint density at radius 2 is 1.62 bits per heavy atom. The molecule has 0 saturated carbocycles. The first-order chi connectivity index (χ1) is 16.5. The van der Waals surface area contributed by atoms with Gasteiger partial charge < -0.3 is 10.2 Å². The molecule has 0 radical (unpaired) electrons. The third-order valence-electron chi connectivity index (χ3n) is 5.82. The van der Waals surface area contributed by atoms with Crippen molar-refractivity contribution in [3.63, 3.8) is 0 Å². The SMILES string of the molecule is CCCCNC(=O)C(Cc1ccccc1)N(Cc1ccc(C)cc1)C(=O)Cc1cccc(Cl)c1. The van der Waals surface area contributed by atoms with Gasteiger partial charge in [0.05, 0.1) is 6.42 Å². The largest absolute Gasteiger partial charge is 0.354 e. The average Bonchev–Trinajstić information content (AvgIpc) is 2.83. The van der Waals surface area contributed by atoms with Crippen LogP contribution in [0.25, 0.3) is 0 Å². The minimum absolute atomic E-state index is 0.102. The molecule has 2 amide bonds. The molecule has 178 valence electrons. The second-order valence-corrected chi connectivity index (χ2v) is 9.10. The van der Waals surface area contributed by atoms with E-state index in [9.17, 15) is 9.59 Å². The Morgan fingerprint density at radius 1 is 0.912 bits per heavy atom. The van der Waals surface area contributed by atoms with Gasteiger partial charge in [-0.15, -0.1) is 0 Å². The number of hydrogen-bond acceptors (Lipinski definition) is 2. The number of halogens is 1. The highest BCUT2D eigenvalue weighted by molar-refractivity contribution is 6.30. The number of amides is 2. The van der Waals surface area contributed by atoms with Gasteiger partial charge in [0.2, 0.25) is 11.8 Å². The van der Waals surface area contributed by atoms with Crippen LogP contribution in [0.15, 0.2) is 78.9 Å². The average molecular weight is 477 g/mol. The Hall–Kier alpha value is -3.11. The lowest BCUT2D eigenvalue weighted by Gasteiger charge is -2.32. The summed E-state index contributed by atoms with van der Waals surface area (Å²) in [5.74, 6) is -0.224. The number of carbonyl (C=O) groups is 2. The van der Waals surface area contributed by atoms with Crippen molar-refractivity contribution in [3.8, 4) is 0 Å². The van der Waals surface area contributed by atoms with Crippen LogP contribution in [0.1, 0.15) is 42.0 Å². The molecule has 5 heteroatoms. The monoisotopic (exact) mass is 476 g/mol. The van der Waals surface area contributed by atoms with Gasteiger partial charge >= 0.3 is 0 Å². The number of aryl methyl sites for hydroxylation is 1. The summed E-state index contributed by atoms with van der Waals surface area (Å²) < 4.78 is 0. The fourth-order valence-corrected chi connectivity index (χ4v) is 4.09. The molecule has 1 atom stereocenters. The Kier molecular flexibility index (Phi) is 9.72. The Balaban J connectivity index is 1.93. The van der Waals surface area contributed by atoms with Crippen molar-refractivity contribution >= 4 is 23.4 Å². The zero-order valence-electron chi connectivity index (χ0n) is 20.0. The molecule has 3 rings (SSSR count). The number of hydrogen-bond donors (Lipinski definition) is 1. The fraction of sp³-hybridized carbons (Fsp3) is 0.310. The van der Waals surface area contributed by atoms with Crippen LogP contribution >= 0.6 is 11.6 Å². The molecule has 0 aromatic heterocycles. The summed E-state index contributed by atoms with van der Waals surface area (Å²) in [6.45, 7) is 5.08. The maximum Gasteiger partial charge on any atom is 0.243 e. The van der Waals surface area contributed by atoms with E-state index >= 15 is 0 Å². The number of nitrogens with zero attached hydrogens (tertiary/aromatic N) is 1. The highest BCUT2D eigenvalue weighted by Gasteiger charge is 2.30. The van der Waals surface area contributed by atoms with E-state index in [1.54, 1.807) is 17.0 Å². The molecule has 0 fully saturated rings. The molecule has 0 spiro atoms. The van der Waals surface area contributed by atoms with E-state index < -0.39 is 6.04 Å². The molecular formula is C29H33ClN2O2. The number of rotatable bonds is 11. The van der Waals surface area contributed by atoms with E-state index in [1.165, 1.54) is 0 Å². The van der Waals surface area contributed by atoms with Gasteiger partial charge in [-0.2, -0.15) is 0 Å². The fourth-order valence-electron chi connectivity index (χ4n) is 3.87. The third kappa shape index (κ3) is 7.74. The second-order valence-electron chi connectivity index (χ2n) is 8.66. The quantitative estimate of drug-likeness (QED) is 0.358. The molecule has 3 aromatic carbocycles. The molecule has 4 nitrogen and oxygen atoms in total. The molecule has 1 N–H and O–H groups in total. The number of unbranched alkanes of at least 4 members (excludes halogenated alkanes) is 1. The summed E-state index contributed by atoms with van der Waals surface area (Å²) in [5.41, 5.74) is 3.99. The van der Waals surface area contributed by atoms with Gasteiger partial charge in [-0.1, -0.05) is 97.2 Å². The third-order valence-corrected chi connectivity index (χ3v) is 6.05. The molecule has 0 aliphatic heterocycles. The lowest BCUT2D eigenvalue weighted by atomic mass is 10.0. The van der Waals surface area contributed by atoms with Gasteiger partial charge in [-0.3, -0.25) is 9.59 Å². The van der Waals surface area contributed by atoms with Crippen LogP contribution in [0, 0.1) is 6.92 Å². The molecule has 3 aromatic rings. The van der Waals surface area contributed by atoms with Crippen LogP contribution in [-0.4, -0.2) is 29.3 Å². The molecule has 0 heterocycles. The van der Waals surface area contributed by atoms with Crippen molar-refractivity contribution in [2.24, 2.45) is 0 Å². The summed E-state index contributed by atoms with van der Waals surface area (Å²) in [5, 5.41) is 3.64. The zero-order valence-corrected chi connectivity index (χ0v) is 20.7. The number of carbonyl (C=O) groups excluding carboxylic acids is 2. The summed E-state index contributed by atoms with van der Waals surface area (Å²) in [6.07, 6.45) is 2.52. The van der Waals surface area contributed by atoms with Crippen molar-refractivity contribution in [2.45, 2.75) is 52.1 Å². The smallest absolute Gasteiger partial charge is 0.243 e. The first-order valence-electron chi connectivity index (χ1n) is 11.9. The maximum absolute atomic E-state index is 13.7. The van der Waals surface area contributed by atoms with Crippen molar-refractivity contribution < 1.29 is 9.59 Å². The molecule has 0 bridgehead atoms. The van der Waals surface area contributed by atoms with E-state index in [0.29, 0.717) is 24.5 Å². The van der Waals surface area contributed by atoms with E-state index in [-0.39, 0.29) is 18.2 Å². The maximum atomic E-state index is 13.7. The van der Waals surface area contributed by atoms with E-state index in [2.05, 4.69) is 12.2 Å². The lowest BCUT2D eigenvalue weighted by molar-refractivity contribution is -0.140. The second kappa shape index (κ2) is 13.0. The Labute approximate surface area is 207 Å². The minimum atomic E-state index is -0.618. The van der Waals surface area contributed by atoms with Gasteiger partial charge in [0.25, 0.3) is 0 Å². The summed E-state index contributed by atoms with van der Waals surface area (Å²) in [4.78, 5) is 28.8. The molecule has 0 aliphatic carbocycles. The first-order valence-corrected chi connectivity index (χ1v) is 12.2. The standard InChI is InChI=1S/C29H33ClN2O2/c1-3-4-17-31-29(34)27(19-23-9-6-5-7-10-23)32(21-24-15-13-22(2)14-16-24)28(33)20-25-11-8-12-26(30)18-25/h5-16,18,27H,3-4,17,19-21H2,1-2H3,(H,31,34). The summed E-state index contributed by atoms with van der Waals surface area (Å²) in [6, 6.07) is 24.7. The predicted molar refractivity (Wildman–Crippen MR) is 139 cm³/mol. The normalized spacial score (nSPS) is 11.6. The molecule has 1 unspecified atom stereocenters. The van der Waals surface area contributed by atoms with Crippen molar-refractivity contribution in [3.05, 3.63) is 106 Å². The van der Waals surface area contributed by atoms with Crippen LogP contribution in [-0.2, 0) is 29.0 Å². The van der Waals surface area contributed by atoms with Gasteiger partial charge in [0, 0.05) is 24.5 Å². The van der Waals surface area contributed by atoms with Crippen LogP contribution in [0.2, 0.25) is 5.02 Å². The summed E-state index contributed by atoms with van der Waals surface area (Å²) in [7, 11) is 0.